The molecule has 1 aromatic heterocycles. The van der Waals surface area contributed by atoms with Gasteiger partial charge in [-0.2, -0.15) is 0 Å². The predicted octanol–water partition coefficient (Wildman–Crippen LogP) is 3.78. The van der Waals surface area contributed by atoms with Gasteiger partial charge in [0.25, 0.3) is 5.56 Å². The molecule has 2 heterocycles. The first-order chi connectivity index (χ1) is 16.6. The number of aryl methyl sites for hydroxylation is 2. The van der Waals surface area contributed by atoms with Crippen LogP contribution in [0.1, 0.15) is 41.3 Å². The largest absolute Gasteiger partial charge is 0.336 e. The molecule has 0 aliphatic carbocycles. The fourth-order valence-corrected chi connectivity index (χ4v) is 4.91. The second-order valence-electron chi connectivity index (χ2n) is 9.63. The Balaban J connectivity index is 1.52. The molecule has 0 spiro atoms. The van der Waals surface area contributed by atoms with Crippen LogP contribution < -0.4 is 5.56 Å². The number of carbonyl (C=O) groups excluding carboxylic acids is 2. The molecule has 2 amide bonds. The number of amides is 2. The Hall–Kier alpha value is -3.32. The van der Waals surface area contributed by atoms with Crippen LogP contribution in [-0.4, -0.2) is 50.4 Å². The lowest BCUT2D eigenvalue weighted by Gasteiger charge is -2.51. The van der Waals surface area contributed by atoms with E-state index in [1.165, 1.54) is 6.07 Å². The molecular weight excluding hydrogens is 464 g/mol. The Morgan fingerprint density at radius 1 is 1.03 bits per heavy atom. The summed E-state index contributed by atoms with van der Waals surface area (Å²) in [6.07, 6.45) is 1.38. The standard InChI is InChI=1S/C27H31ClN4O3/c1-18-12-19(2)14-21(13-18)15-25(34)32-11-9-27(32,3)26(35)31(10-8-23-16-24(33)30-29-23)17-20-4-6-22(28)7-5-20/h4-7,12-14,16H,8-11,15,17H2,1-3H3,(H2,29,30,33). The minimum atomic E-state index is -0.895. The molecule has 1 unspecified atom stereocenters. The predicted molar refractivity (Wildman–Crippen MR) is 136 cm³/mol. The summed E-state index contributed by atoms with van der Waals surface area (Å²) in [4.78, 5) is 42.1. The average molecular weight is 495 g/mol. The Labute approximate surface area is 210 Å². The molecule has 1 aliphatic rings. The molecule has 1 atom stereocenters. The van der Waals surface area contributed by atoms with Crippen LogP contribution in [0.3, 0.4) is 0 Å². The first-order valence-electron chi connectivity index (χ1n) is 11.8. The van der Waals surface area contributed by atoms with E-state index in [9.17, 15) is 14.4 Å². The maximum atomic E-state index is 13.8. The van der Waals surface area contributed by atoms with Crippen LogP contribution in [-0.2, 0) is 29.0 Å². The lowest BCUT2D eigenvalue weighted by atomic mass is 9.84. The number of aromatic amines is 2. The monoisotopic (exact) mass is 494 g/mol. The maximum Gasteiger partial charge on any atom is 0.264 e. The van der Waals surface area contributed by atoms with Crippen LogP contribution in [0.2, 0.25) is 5.02 Å². The van der Waals surface area contributed by atoms with Gasteiger partial charge >= 0.3 is 0 Å². The van der Waals surface area contributed by atoms with Crippen molar-refractivity contribution < 1.29 is 9.59 Å². The second kappa shape index (κ2) is 10.1. The van der Waals surface area contributed by atoms with Crippen molar-refractivity contribution in [1.82, 2.24) is 20.0 Å². The van der Waals surface area contributed by atoms with Crippen LogP contribution in [0, 0.1) is 13.8 Å². The first-order valence-corrected chi connectivity index (χ1v) is 12.2. The van der Waals surface area contributed by atoms with Crippen molar-refractivity contribution in [1.29, 1.82) is 0 Å². The van der Waals surface area contributed by atoms with Crippen molar-refractivity contribution in [2.24, 2.45) is 0 Å². The van der Waals surface area contributed by atoms with Gasteiger partial charge in [0.1, 0.15) is 5.54 Å². The summed E-state index contributed by atoms with van der Waals surface area (Å²) in [5, 5.41) is 6.01. The number of likely N-dealkylation sites (tertiary alicyclic amines) is 1. The van der Waals surface area contributed by atoms with Gasteiger partial charge in [0.15, 0.2) is 0 Å². The van der Waals surface area contributed by atoms with Crippen molar-refractivity contribution in [3.8, 4) is 0 Å². The highest BCUT2D eigenvalue weighted by molar-refractivity contribution is 6.30. The number of halogens is 1. The van der Waals surface area contributed by atoms with E-state index in [2.05, 4.69) is 16.3 Å². The van der Waals surface area contributed by atoms with Gasteiger partial charge in [-0.15, -0.1) is 0 Å². The third-order valence-electron chi connectivity index (χ3n) is 6.69. The third kappa shape index (κ3) is 5.68. The van der Waals surface area contributed by atoms with E-state index in [1.807, 2.05) is 45.0 Å². The zero-order valence-electron chi connectivity index (χ0n) is 20.4. The molecule has 7 nitrogen and oxygen atoms in total. The molecule has 8 heteroatoms. The van der Waals surface area contributed by atoms with Crippen LogP contribution in [0.15, 0.2) is 53.3 Å². The van der Waals surface area contributed by atoms with E-state index >= 15 is 0 Å². The summed E-state index contributed by atoms with van der Waals surface area (Å²) in [6, 6.07) is 15.0. The third-order valence-corrected chi connectivity index (χ3v) is 6.95. The summed E-state index contributed by atoms with van der Waals surface area (Å²) in [5.41, 5.74) is 3.77. The van der Waals surface area contributed by atoms with Crippen LogP contribution in [0.5, 0.6) is 0 Å². The fourth-order valence-electron chi connectivity index (χ4n) is 4.79. The lowest BCUT2D eigenvalue weighted by molar-refractivity contribution is -0.164. The quantitative estimate of drug-likeness (QED) is 0.499. The van der Waals surface area contributed by atoms with Crippen molar-refractivity contribution >= 4 is 23.4 Å². The minimum Gasteiger partial charge on any atom is -0.336 e. The Morgan fingerprint density at radius 2 is 1.71 bits per heavy atom. The molecule has 2 N–H and O–H groups in total. The molecule has 184 valence electrons. The number of rotatable bonds is 8. The van der Waals surface area contributed by atoms with Gasteiger partial charge in [-0.05, 0) is 50.5 Å². The number of carbonyl (C=O) groups is 2. The van der Waals surface area contributed by atoms with Gasteiger partial charge in [-0.25, -0.2) is 0 Å². The highest BCUT2D eigenvalue weighted by Crippen LogP contribution is 2.34. The van der Waals surface area contributed by atoms with Crippen molar-refractivity contribution in [2.75, 3.05) is 13.1 Å². The normalized spacial score (nSPS) is 17.2. The summed E-state index contributed by atoms with van der Waals surface area (Å²) in [6.45, 7) is 7.25. The highest BCUT2D eigenvalue weighted by atomic mass is 35.5. The minimum absolute atomic E-state index is 0.0430. The Bertz CT molecular complexity index is 1260. The number of H-pyrrole nitrogens is 2. The van der Waals surface area contributed by atoms with Gasteiger partial charge in [-0.3, -0.25) is 19.5 Å². The fraction of sp³-hybridized carbons (Fsp3) is 0.370. The molecule has 4 rings (SSSR count). The van der Waals surface area contributed by atoms with Crippen LogP contribution in [0.25, 0.3) is 0 Å². The molecule has 0 saturated carbocycles. The smallest absolute Gasteiger partial charge is 0.264 e. The maximum absolute atomic E-state index is 13.8. The Morgan fingerprint density at radius 3 is 2.29 bits per heavy atom. The number of hydrogen-bond donors (Lipinski definition) is 2. The van der Waals surface area contributed by atoms with Gasteiger partial charge in [0.05, 0.1) is 6.42 Å². The van der Waals surface area contributed by atoms with E-state index in [0.717, 1.165) is 27.9 Å². The van der Waals surface area contributed by atoms with E-state index in [-0.39, 0.29) is 23.8 Å². The molecule has 1 saturated heterocycles. The van der Waals surface area contributed by atoms with Crippen LogP contribution >= 0.6 is 11.6 Å². The summed E-state index contributed by atoms with van der Waals surface area (Å²) in [7, 11) is 0. The molecule has 0 radical (unpaired) electrons. The number of nitrogens with one attached hydrogen (secondary N) is 2. The highest BCUT2D eigenvalue weighted by Gasteiger charge is 2.50. The molecule has 0 bridgehead atoms. The van der Waals surface area contributed by atoms with E-state index in [0.29, 0.717) is 37.5 Å². The molecule has 1 fully saturated rings. The number of benzene rings is 2. The van der Waals surface area contributed by atoms with E-state index < -0.39 is 5.54 Å². The van der Waals surface area contributed by atoms with E-state index in [1.54, 1.807) is 21.9 Å². The van der Waals surface area contributed by atoms with Gasteiger partial charge in [0.2, 0.25) is 11.8 Å². The zero-order chi connectivity index (χ0) is 25.2. The lowest BCUT2D eigenvalue weighted by Crippen LogP contribution is -2.68. The van der Waals surface area contributed by atoms with Gasteiger partial charge in [0, 0.05) is 42.8 Å². The van der Waals surface area contributed by atoms with Gasteiger partial charge < -0.3 is 14.9 Å². The van der Waals surface area contributed by atoms with E-state index in [4.69, 9.17) is 11.6 Å². The molecular formula is C27H31ClN4O3. The van der Waals surface area contributed by atoms with Crippen molar-refractivity contribution in [2.45, 2.75) is 52.1 Å². The second-order valence-corrected chi connectivity index (χ2v) is 10.1. The van der Waals surface area contributed by atoms with Crippen LogP contribution in [0.4, 0.5) is 0 Å². The number of nitrogens with zero attached hydrogens (tertiary/aromatic N) is 2. The Kier molecular flexibility index (Phi) is 7.17. The molecule has 1 aliphatic heterocycles. The zero-order valence-corrected chi connectivity index (χ0v) is 21.1. The first kappa shape index (κ1) is 24.8. The number of aromatic nitrogens is 2. The number of hydrogen-bond acceptors (Lipinski definition) is 3. The SMILES string of the molecule is Cc1cc(C)cc(CC(=O)N2CCC2(C)C(=O)N(CCc2cc(=O)[nH][nH]2)Cc2ccc(Cl)cc2)c1. The van der Waals surface area contributed by atoms with Crippen molar-refractivity contribution in [3.05, 3.63) is 91.9 Å². The molecule has 2 aromatic carbocycles. The topological polar surface area (TPSA) is 89.3 Å². The summed E-state index contributed by atoms with van der Waals surface area (Å²) >= 11 is 6.04. The van der Waals surface area contributed by atoms with Gasteiger partial charge in [-0.1, -0.05) is 53.1 Å². The molecule has 3 aromatic rings. The molecule has 35 heavy (non-hydrogen) atoms. The summed E-state index contributed by atoms with van der Waals surface area (Å²) < 4.78 is 0. The summed E-state index contributed by atoms with van der Waals surface area (Å²) in [5.74, 6) is -0.135. The van der Waals surface area contributed by atoms with Crippen molar-refractivity contribution in [3.63, 3.8) is 0 Å². The average Bonchev–Trinajstić information content (AvgIpc) is 3.20.